The van der Waals surface area contributed by atoms with Gasteiger partial charge in [0.15, 0.2) is 10.8 Å². The third kappa shape index (κ3) is 8.76. The van der Waals surface area contributed by atoms with Gasteiger partial charge in [-0.3, -0.25) is 4.79 Å². The van der Waals surface area contributed by atoms with Crippen molar-refractivity contribution >= 4 is 64.5 Å². The van der Waals surface area contributed by atoms with E-state index in [1.54, 1.807) is 5.38 Å². The van der Waals surface area contributed by atoms with Crippen molar-refractivity contribution in [1.82, 2.24) is 15.6 Å². The molecule has 206 valence electrons. The summed E-state index contributed by atoms with van der Waals surface area (Å²) in [6, 6.07) is -1.00. The maximum atomic E-state index is 12.8. The number of carbonyl (C=O) groups excluding carboxylic acids is 2. The number of carboxylic acids is 1. The molecule has 1 aromatic rings. The van der Waals surface area contributed by atoms with Gasteiger partial charge in [-0.2, -0.15) is 0 Å². The second-order valence-corrected chi connectivity index (χ2v) is 9.94. The van der Waals surface area contributed by atoms with Gasteiger partial charge < -0.3 is 58.9 Å². The molecule has 0 bridgehead atoms. The van der Waals surface area contributed by atoms with E-state index in [1.807, 2.05) is 0 Å². The van der Waals surface area contributed by atoms with Crippen molar-refractivity contribution in [1.29, 1.82) is 0 Å². The Labute approximate surface area is 228 Å². The van der Waals surface area contributed by atoms with Crippen LogP contribution in [0.5, 0.6) is 0 Å². The lowest BCUT2D eigenvalue weighted by atomic mass is 10.1. The Morgan fingerprint density at radius 2 is 2.06 bits per heavy atom. The molecule has 0 saturated carbocycles. The summed E-state index contributed by atoms with van der Waals surface area (Å²) in [7, 11) is 3.42. The first-order chi connectivity index (χ1) is 15.3. The van der Waals surface area contributed by atoms with Crippen LogP contribution in [-0.2, 0) is 19.2 Å². The van der Waals surface area contributed by atoms with E-state index in [1.165, 1.54) is 18.9 Å². The van der Waals surface area contributed by atoms with E-state index in [0.717, 1.165) is 47.3 Å². The maximum absolute atomic E-state index is 12.8. The number of carbonyl (C=O) groups is 3. The number of hydrogen-bond acceptors (Lipinski definition) is 10. The largest absolute Gasteiger partial charge is 1.00 e. The number of nitrogens with one attached hydrogen (secondary N) is 2. The summed E-state index contributed by atoms with van der Waals surface area (Å²) in [5, 5.41) is 20.2. The third-order valence-electron chi connectivity index (χ3n) is 5.44. The van der Waals surface area contributed by atoms with Crippen molar-refractivity contribution in [3.8, 4) is 0 Å². The number of amides is 1. The van der Waals surface area contributed by atoms with Gasteiger partial charge in [-0.25, -0.2) is 9.78 Å². The molecule has 2 atom stereocenters. The molecule has 2 aliphatic heterocycles. The minimum Gasteiger partial charge on any atom is -1.00 e. The average Bonchev–Trinajstić information content (AvgIpc) is 3.38. The zero-order valence-electron chi connectivity index (χ0n) is 19.7. The van der Waals surface area contributed by atoms with Crippen molar-refractivity contribution in [2.45, 2.75) is 24.3 Å². The van der Waals surface area contributed by atoms with Gasteiger partial charge >= 0.3 is 5.97 Å². The number of likely N-dealkylation sites (N-methyl/N-ethyl adjacent to an activating group) is 1. The topological polar surface area (TPSA) is 219 Å². The first-order valence-electron chi connectivity index (χ1n) is 10.0. The van der Waals surface area contributed by atoms with Gasteiger partial charge in [-0.05, 0) is 0 Å². The zero-order chi connectivity index (χ0) is 23.3. The van der Waals surface area contributed by atoms with Crippen molar-refractivity contribution in [3.63, 3.8) is 0 Å². The Kier molecular flexibility index (Phi) is 15.9. The smallest absolute Gasteiger partial charge is 0.352 e. The zero-order valence-corrected chi connectivity index (χ0v) is 22.9. The number of quaternary nitrogens is 1. The summed E-state index contributed by atoms with van der Waals surface area (Å²) in [6.07, 6.45) is 2.83. The summed E-state index contributed by atoms with van der Waals surface area (Å²) >= 11 is 2.52. The molecule has 2 unspecified atom stereocenters. The number of anilines is 1. The number of aromatic nitrogens is 1. The van der Waals surface area contributed by atoms with Crippen LogP contribution in [0, 0.1) is 0 Å². The molecule has 13 nitrogen and oxygen atoms in total. The fourth-order valence-corrected chi connectivity index (χ4v) is 5.60. The molecule has 0 spiro atoms. The third-order valence-corrected chi connectivity index (χ3v) is 7.40. The molecular weight excluding hydrogens is 559 g/mol. The van der Waals surface area contributed by atoms with Crippen LogP contribution in [0.2, 0.25) is 0 Å². The van der Waals surface area contributed by atoms with E-state index < -0.39 is 23.3 Å². The molecule has 1 amide bonds. The van der Waals surface area contributed by atoms with E-state index in [-0.39, 0.29) is 58.0 Å². The van der Waals surface area contributed by atoms with E-state index in [4.69, 9.17) is 10.6 Å². The molecule has 0 radical (unpaired) electrons. The average molecular weight is 592 g/mol. The summed E-state index contributed by atoms with van der Waals surface area (Å²) in [4.78, 5) is 45.3. The van der Waals surface area contributed by atoms with Gasteiger partial charge in [0.05, 0.1) is 20.1 Å². The lowest BCUT2D eigenvalue weighted by Crippen LogP contribution is -3.00. The van der Waals surface area contributed by atoms with Crippen molar-refractivity contribution in [2.24, 2.45) is 5.16 Å². The lowest BCUT2D eigenvalue weighted by molar-refractivity contribution is -0.893. The molecule has 17 heteroatoms. The number of nitrogens with zero attached hydrogens (tertiary/aromatic N) is 3. The highest BCUT2D eigenvalue weighted by atomic mass is 35.5. The van der Waals surface area contributed by atoms with Gasteiger partial charge in [-0.15, -0.1) is 35.5 Å². The molecule has 36 heavy (non-hydrogen) atoms. The molecule has 0 aromatic carbocycles. The number of oxime groups is 1. The number of thiazole rings is 1. The van der Waals surface area contributed by atoms with E-state index in [2.05, 4.69) is 27.8 Å². The second kappa shape index (κ2) is 15.9. The van der Waals surface area contributed by atoms with Crippen LogP contribution < -0.4 is 28.8 Å². The SMILES string of the molecule is CO/N=C(\C(=O)NC(C=O)C1NC(C(=O)O)=C(C[N+]2(C)CCCC2)CS1)c1csc(N)n1.Cl.O.O.[Cl-]. The highest BCUT2D eigenvalue weighted by Gasteiger charge is 2.36. The molecule has 3 rings (SSSR count). The molecular formula is C19H32Cl2N6O7S2. The fraction of sp³-hybridized carbons (Fsp3) is 0.526. The van der Waals surface area contributed by atoms with E-state index >= 15 is 0 Å². The molecule has 1 fully saturated rings. The molecule has 0 aliphatic carbocycles. The number of aldehydes is 1. The number of nitrogen functional groups attached to an aromatic ring is 1. The van der Waals surface area contributed by atoms with Crippen LogP contribution in [-0.4, -0.2) is 100 Å². The number of rotatable bonds is 9. The molecule has 1 aromatic heterocycles. The number of carboxylic acid groups (broad SMARTS) is 1. The fourth-order valence-electron chi connectivity index (χ4n) is 3.89. The van der Waals surface area contributed by atoms with Crippen molar-refractivity contribution in [2.75, 3.05) is 45.3 Å². The van der Waals surface area contributed by atoms with Gasteiger partial charge in [-0.1, -0.05) is 5.16 Å². The Morgan fingerprint density at radius 1 is 1.42 bits per heavy atom. The maximum Gasteiger partial charge on any atom is 0.352 e. The van der Waals surface area contributed by atoms with Crippen molar-refractivity contribution in [3.05, 3.63) is 22.3 Å². The van der Waals surface area contributed by atoms with E-state index in [9.17, 15) is 19.5 Å². The number of nitrogens with two attached hydrogens (primary N) is 1. The molecule has 9 N–H and O–H groups in total. The minimum absolute atomic E-state index is 0. The summed E-state index contributed by atoms with van der Waals surface area (Å²) in [5.74, 6) is -1.31. The standard InChI is InChI=1S/C19H26N6O5S2.2ClH.2H2O/c1-25(5-3-4-6-25)7-11-9-31-17(23-14(11)18(28)29)12(8-26)21-16(27)15(24-30-2)13-10-32-19(20)22-13;;;;/h8,10,12,17,23H,3-7,9H2,1-2H3,(H3-,20,21,22,27,28,29);2*1H;2*1H2/b24-15-;;;;. The minimum atomic E-state index is -1.08. The number of aliphatic carboxylic acids is 1. The molecule has 2 aliphatic rings. The Morgan fingerprint density at radius 3 is 2.56 bits per heavy atom. The van der Waals surface area contributed by atoms with Crippen LogP contribution in [0.1, 0.15) is 18.5 Å². The first kappa shape index (κ1) is 36.0. The Balaban J connectivity index is 0. The molecule has 3 heterocycles. The number of halogens is 2. The highest BCUT2D eigenvalue weighted by Crippen LogP contribution is 2.28. The number of hydrogen-bond donors (Lipinski definition) is 4. The first-order valence-corrected chi connectivity index (χ1v) is 11.9. The van der Waals surface area contributed by atoms with Gasteiger partial charge in [0.2, 0.25) is 0 Å². The predicted molar refractivity (Wildman–Crippen MR) is 137 cm³/mol. The lowest BCUT2D eigenvalue weighted by Gasteiger charge is -2.35. The predicted octanol–water partition coefficient (Wildman–Crippen LogP) is -4.22. The molecule has 1 saturated heterocycles. The Hall–Kier alpha value is -2.14. The van der Waals surface area contributed by atoms with Crippen LogP contribution in [0.4, 0.5) is 5.13 Å². The normalized spacial score (nSPS) is 19.2. The van der Waals surface area contributed by atoms with Gasteiger partial charge in [0.25, 0.3) is 5.91 Å². The number of likely N-dealkylation sites (tertiary alicyclic amines) is 1. The highest BCUT2D eigenvalue weighted by molar-refractivity contribution is 8.00. The summed E-state index contributed by atoms with van der Waals surface area (Å²) in [5.41, 5.74) is 6.62. The second-order valence-electron chi connectivity index (χ2n) is 7.92. The van der Waals surface area contributed by atoms with Gasteiger partial charge in [0.1, 0.15) is 42.7 Å². The Bertz CT molecular complexity index is 956. The van der Waals surface area contributed by atoms with Crippen LogP contribution in [0.3, 0.4) is 0 Å². The quantitative estimate of drug-likeness (QED) is 0.0945. The van der Waals surface area contributed by atoms with E-state index in [0.29, 0.717) is 18.6 Å². The number of thioether (sulfide) groups is 1. The summed E-state index contributed by atoms with van der Waals surface area (Å²) in [6.45, 7) is 2.67. The monoisotopic (exact) mass is 590 g/mol. The van der Waals surface area contributed by atoms with Crippen LogP contribution >= 0.6 is 35.5 Å². The van der Waals surface area contributed by atoms with Crippen LogP contribution in [0.25, 0.3) is 0 Å². The van der Waals surface area contributed by atoms with Crippen molar-refractivity contribution < 1.29 is 52.2 Å². The van der Waals surface area contributed by atoms with Crippen LogP contribution in [0.15, 0.2) is 21.8 Å². The summed E-state index contributed by atoms with van der Waals surface area (Å²) < 4.78 is 0.806. The van der Waals surface area contributed by atoms with Gasteiger partial charge in [0, 0.05) is 29.5 Å².